The molecular formula is C12H20N2O2S. The summed E-state index contributed by atoms with van der Waals surface area (Å²) in [7, 11) is 2.04. The first-order valence-corrected chi connectivity index (χ1v) is 6.81. The number of nitrogens with zero attached hydrogens (tertiary/aromatic N) is 2. The Hall–Kier alpha value is -1.10. The normalized spacial score (nSPS) is 12.4. The quantitative estimate of drug-likeness (QED) is 0.815. The topological polar surface area (TPSA) is 53.4 Å². The third-order valence-corrected chi connectivity index (χ3v) is 3.78. The Morgan fingerprint density at radius 2 is 2.35 bits per heavy atom. The molecule has 0 fully saturated rings. The summed E-state index contributed by atoms with van der Waals surface area (Å²) in [5, 5.41) is 11.5. The number of carboxylic acids is 1. The van der Waals surface area contributed by atoms with Crippen LogP contribution in [0.15, 0.2) is 5.38 Å². The Bertz CT molecular complexity index is 365. The van der Waals surface area contributed by atoms with Gasteiger partial charge in [-0.3, -0.25) is 4.79 Å². The molecule has 0 amide bonds. The summed E-state index contributed by atoms with van der Waals surface area (Å²) < 4.78 is 0. The Morgan fingerprint density at radius 1 is 1.65 bits per heavy atom. The molecule has 0 radical (unpaired) electrons. The van der Waals surface area contributed by atoms with E-state index in [2.05, 4.69) is 23.7 Å². The number of carbonyl (C=O) groups is 1. The lowest BCUT2D eigenvalue weighted by molar-refractivity contribution is -0.136. The molecule has 0 aliphatic rings. The van der Waals surface area contributed by atoms with E-state index in [1.807, 2.05) is 12.4 Å². The molecule has 1 rings (SSSR count). The van der Waals surface area contributed by atoms with Gasteiger partial charge in [0.2, 0.25) is 0 Å². The van der Waals surface area contributed by atoms with Crippen LogP contribution in [0.2, 0.25) is 0 Å². The predicted octanol–water partition coefficient (Wildman–Crippen LogP) is 2.79. The van der Waals surface area contributed by atoms with E-state index in [0.29, 0.717) is 12.5 Å². The van der Waals surface area contributed by atoms with Crippen LogP contribution in [0.1, 0.15) is 38.8 Å². The minimum atomic E-state index is -0.771. The maximum absolute atomic E-state index is 10.5. The van der Waals surface area contributed by atoms with Crippen LogP contribution in [0.4, 0.5) is 5.13 Å². The summed E-state index contributed by atoms with van der Waals surface area (Å²) in [5.41, 5.74) is 0.878. The van der Waals surface area contributed by atoms with Crippen molar-refractivity contribution in [2.45, 2.75) is 45.6 Å². The fourth-order valence-electron chi connectivity index (χ4n) is 1.61. The van der Waals surface area contributed by atoms with Gasteiger partial charge in [-0.2, -0.15) is 0 Å². The molecule has 0 bridgehead atoms. The molecule has 17 heavy (non-hydrogen) atoms. The van der Waals surface area contributed by atoms with Crippen molar-refractivity contribution in [1.82, 2.24) is 4.98 Å². The number of aromatic nitrogens is 1. The van der Waals surface area contributed by atoms with Crippen molar-refractivity contribution in [1.29, 1.82) is 0 Å². The summed E-state index contributed by atoms with van der Waals surface area (Å²) in [5.74, 6) is -0.771. The highest BCUT2D eigenvalue weighted by Crippen LogP contribution is 2.23. The molecule has 5 heteroatoms. The number of aliphatic carboxylic acids is 1. The molecule has 1 aromatic heterocycles. The van der Waals surface area contributed by atoms with Crippen LogP contribution >= 0.6 is 11.3 Å². The standard InChI is InChI=1S/C12H20N2O2S/c1-4-5-9(2)14(3)12-13-10(8-17-12)6-7-11(15)16/h8-9H,4-7H2,1-3H3,(H,15,16). The van der Waals surface area contributed by atoms with E-state index >= 15 is 0 Å². The fourth-order valence-corrected chi connectivity index (χ4v) is 2.54. The smallest absolute Gasteiger partial charge is 0.303 e. The van der Waals surface area contributed by atoms with Gasteiger partial charge in [-0.15, -0.1) is 11.3 Å². The highest BCUT2D eigenvalue weighted by Gasteiger charge is 2.13. The summed E-state index contributed by atoms with van der Waals surface area (Å²) in [6, 6.07) is 0.471. The van der Waals surface area contributed by atoms with Gasteiger partial charge in [0, 0.05) is 24.9 Å². The average Bonchev–Trinajstić information content (AvgIpc) is 2.74. The molecule has 0 saturated heterocycles. The van der Waals surface area contributed by atoms with E-state index in [1.54, 1.807) is 11.3 Å². The van der Waals surface area contributed by atoms with Crippen LogP contribution in [0.3, 0.4) is 0 Å². The summed E-state index contributed by atoms with van der Waals surface area (Å²) in [4.78, 5) is 17.1. The van der Waals surface area contributed by atoms with Crippen molar-refractivity contribution in [2.75, 3.05) is 11.9 Å². The van der Waals surface area contributed by atoms with Crippen molar-refractivity contribution in [3.8, 4) is 0 Å². The Labute approximate surface area is 106 Å². The number of anilines is 1. The second-order valence-corrected chi connectivity index (χ2v) is 5.10. The number of hydrogen-bond donors (Lipinski definition) is 1. The van der Waals surface area contributed by atoms with Gasteiger partial charge in [-0.25, -0.2) is 4.98 Å². The minimum absolute atomic E-state index is 0.150. The molecule has 0 aliphatic heterocycles. The summed E-state index contributed by atoms with van der Waals surface area (Å²) in [6.07, 6.45) is 2.96. The van der Waals surface area contributed by atoms with Crippen LogP contribution in [0, 0.1) is 0 Å². The molecule has 1 heterocycles. The van der Waals surface area contributed by atoms with Gasteiger partial charge < -0.3 is 10.0 Å². The van der Waals surface area contributed by atoms with Crippen molar-refractivity contribution in [2.24, 2.45) is 0 Å². The number of thiazole rings is 1. The van der Waals surface area contributed by atoms with Crippen molar-refractivity contribution in [3.63, 3.8) is 0 Å². The van der Waals surface area contributed by atoms with Gasteiger partial charge in [0.25, 0.3) is 0 Å². The van der Waals surface area contributed by atoms with E-state index in [0.717, 1.165) is 23.7 Å². The van der Waals surface area contributed by atoms with Crippen LogP contribution in [0.25, 0.3) is 0 Å². The van der Waals surface area contributed by atoms with Crippen molar-refractivity contribution in [3.05, 3.63) is 11.1 Å². The fraction of sp³-hybridized carbons (Fsp3) is 0.667. The molecule has 1 unspecified atom stereocenters. The van der Waals surface area contributed by atoms with E-state index < -0.39 is 5.97 Å². The number of aryl methyl sites for hydroxylation is 1. The summed E-state index contributed by atoms with van der Waals surface area (Å²) >= 11 is 1.59. The second kappa shape index (κ2) is 6.59. The largest absolute Gasteiger partial charge is 0.481 e. The van der Waals surface area contributed by atoms with Crippen LogP contribution < -0.4 is 4.90 Å². The van der Waals surface area contributed by atoms with Gasteiger partial charge >= 0.3 is 5.97 Å². The summed E-state index contributed by atoms with van der Waals surface area (Å²) in [6.45, 7) is 4.35. The minimum Gasteiger partial charge on any atom is -0.481 e. The molecule has 1 atom stereocenters. The molecule has 0 aromatic carbocycles. The molecule has 0 saturated carbocycles. The van der Waals surface area contributed by atoms with Gasteiger partial charge in [0.05, 0.1) is 12.1 Å². The van der Waals surface area contributed by atoms with Gasteiger partial charge in [-0.05, 0) is 13.3 Å². The third-order valence-electron chi connectivity index (χ3n) is 2.80. The van der Waals surface area contributed by atoms with Gasteiger partial charge in [-0.1, -0.05) is 13.3 Å². The van der Waals surface area contributed by atoms with Crippen molar-refractivity contribution < 1.29 is 9.90 Å². The van der Waals surface area contributed by atoms with E-state index in [-0.39, 0.29) is 6.42 Å². The molecule has 0 aliphatic carbocycles. The Kier molecular flexibility index (Phi) is 5.41. The lowest BCUT2D eigenvalue weighted by atomic mass is 10.2. The number of rotatable bonds is 7. The molecule has 4 nitrogen and oxygen atoms in total. The first-order chi connectivity index (χ1) is 8.04. The number of carboxylic acid groups (broad SMARTS) is 1. The molecule has 1 N–H and O–H groups in total. The molecule has 96 valence electrons. The highest BCUT2D eigenvalue weighted by molar-refractivity contribution is 7.13. The van der Waals surface area contributed by atoms with E-state index in [1.165, 1.54) is 0 Å². The predicted molar refractivity (Wildman–Crippen MR) is 70.8 cm³/mol. The molecule has 1 aromatic rings. The third kappa shape index (κ3) is 4.34. The monoisotopic (exact) mass is 256 g/mol. The van der Waals surface area contributed by atoms with Crippen LogP contribution in [-0.4, -0.2) is 29.1 Å². The van der Waals surface area contributed by atoms with Gasteiger partial charge in [0.15, 0.2) is 5.13 Å². The number of hydrogen-bond acceptors (Lipinski definition) is 4. The van der Waals surface area contributed by atoms with Crippen LogP contribution in [0.5, 0.6) is 0 Å². The highest BCUT2D eigenvalue weighted by atomic mass is 32.1. The Balaban J connectivity index is 2.57. The lowest BCUT2D eigenvalue weighted by Crippen LogP contribution is -2.28. The maximum atomic E-state index is 10.5. The molecular weight excluding hydrogens is 236 g/mol. The van der Waals surface area contributed by atoms with E-state index in [9.17, 15) is 4.79 Å². The zero-order chi connectivity index (χ0) is 12.8. The zero-order valence-electron chi connectivity index (χ0n) is 10.6. The van der Waals surface area contributed by atoms with Gasteiger partial charge in [0.1, 0.15) is 0 Å². The lowest BCUT2D eigenvalue weighted by Gasteiger charge is -2.23. The van der Waals surface area contributed by atoms with Crippen molar-refractivity contribution >= 4 is 22.4 Å². The maximum Gasteiger partial charge on any atom is 0.303 e. The van der Waals surface area contributed by atoms with E-state index in [4.69, 9.17) is 5.11 Å². The second-order valence-electron chi connectivity index (χ2n) is 4.26. The zero-order valence-corrected chi connectivity index (χ0v) is 11.5. The Morgan fingerprint density at radius 3 is 2.94 bits per heavy atom. The first-order valence-electron chi connectivity index (χ1n) is 5.93. The first kappa shape index (κ1) is 14.0. The van der Waals surface area contributed by atoms with Crippen LogP contribution in [-0.2, 0) is 11.2 Å². The average molecular weight is 256 g/mol. The SMILES string of the molecule is CCCC(C)N(C)c1nc(CCC(=O)O)cs1. The molecule has 0 spiro atoms.